The molecule has 1 aromatic heterocycles. The van der Waals surface area contributed by atoms with Crippen molar-refractivity contribution in [3.8, 4) is 0 Å². The van der Waals surface area contributed by atoms with E-state index in [2.05, 4.69) is 31.9 Å². The minimum absolute atomic E-state index is 0.436. The Labute approximate surface area is 111 Å². The first-order valence-electron chi connectivity index (χ1n) is 6.30. The van der Waals surface area contributed by atoms with Crippen LogP contribution < -0.4 is 5.73 Å². The Morgan fingerprint density at radius 1 is 1.35 bits per heavy atom. The predicted octanol–water partition coefficient (Wildman–Crippen LogP) is 2.01. The second-order valence-electron chi connectivity index (χ2n) is 5.37. The molecule has 0 bridgehead atoms. The van der Waals surface area contributed by atoms with Gasteiger partial charge in [0, 0.05) is 42.5 Å². The molecule has 1 aliphatic carbocycles. The van der Waals surface area contributed by atoms with Crippen molar-refractivity contribution in [3.63, 3.8) is 0 Å². The fourth-order valence-electron chi connectivity index (χ4n) is 3.33. The number of fused-ring (bicyclic) bond motifs is 1. The van der Waals surface area contributed by atoms with Crippen LogP contribution in [0, 0.1) is 11.8 Å². The van der Waals surface area contributed by atoms with Crippen LogP contribution >= 0.6 is 15.9 Å². The third kappa shape index (κ3) is 2.39. The Balaban J connectivity index is 1.64. The quantitative estimate of drug-likeness (QED) is 0.908. The van der Waals surface area contributed by atoms with Crippen molar-refractivity contribution in [3.05, 3.63) is 28.5 Å². The summed E-state index contributed by atoms with van der Waals surface area (Å²) in [4.78, 5) is 6.74. The van der Waals surface area contributed by atoms with Gasteiger partial charge in [-0.15, -0.1) is 0 Å². The summed E-state index contributed by atoms with van der Waals surface area (Å²) in [7, 11) is 0. The number of hydrogen-bond donors (Lipinski definition) is 1. The number of aromatic nitrogens is 1. The fourth-order valence-corrected chi connectivity index (χ4v) is 3.74. The van der Waals surface area contributed by atoms with Crippen molar-refractivity contribution in [2.24, 2.45) is 17.6 Å². The van der Waals surface area contributed by atoms with E-state index < -0.39 is 0 Å². The van der Waals surface area contributed by atoms with E-state index in [1.807, 2.05) is 12.4 Å². The molecule has 2 aliphatic rings. The van der Waals surface area contributed by atoms with Crippen LogP contribution in [0.15, 0.2) is 22.9 Å². The van der Waals surface area contributed by atoms with Crippen molar-refractivity contribution >= 4 is 15.9 Å². The van der Waals surface area contributed by atoms with Gasteiger partial charge in [0.1, 0.15) is 0 Å². The molecule has 2 heterocycles. The number of nitrogens with zero attached hydrogens (tertiary/aromatic N) is 2. The van der Waals surface area contributed by atoms with Gasteiger partial charge in [-0.05, 0) is 52.2 Å². The van der Waals surface area contributed by atoms with E-state index in [1.165, 1.54) is 31.5 Å². The van der Waals surface area contributed by atoms with E-state index in [1.54, 1.807) is 0 Å². The molecule has 1 aliphatic heterocycles. The highest BCUT2D eigenvalue weighted by molar-refractivity contribution is 9.10. The second kappa shape index (κ2) is 4.67. The maximum absolute atomic E-state index is 6.15. The van der Waals surface area contributed by atoms with E-state index in [-0.39, 0.29) is 0 Å². The smallest absolute Gasteiger partial charge is 0.0410 e. The molecule has 0 spiro atoms. The van der Waals surface area contributed by atoms with Crippen molar-refractivity contribution in [1.29, 1.82) is 0 Å². The number of pyridine rings is 1. The monoisotopic (exact) mass is 295 g/mol. The van der Waals surface area contributed by atoms with Gasteiger partial charge in [-0.1, -0.05) is 0 Å². The van der Waals surface area contributed by atoms with Gasteiger partial charge >= 0.3 is 0 Å². The van der Waals surface area contributed by atoms with Crippen LogP contribution in [0.3, 0.4) is 0 Å². The normalized spacial score (nSPS) is 32.9. The highest BCUT2D eigenvalue weighted by Crippen LogP contribution is 2.37. The molecule has 1 aromatic rings. The number of rotatable bonds is 2. The topological polar surface area (TPSA) is 42.1 Å². The van der Waals surface area contributed by atoms with Gasteiger partial charge < -0.3 is 5.73 Å². The molecule has 4 heteroatoms. The first-order chi connectivity index (χ1) is 8.22. The number of nitrogens with two attached hydrogens (primary N) is 1. The molecule has 0 aromatic carbocycles. The maximum atomic E-state index is 6.15. The Morgan fingerprint density at radius 2 is 2.24 bits per heavy atom. The third-order valence-electron chi connectivity index (χ3n) is 4.16. The molecule has 0 radical (unpaired) electrons. The minimum atomic E-state index is 0.436. The third-order valence-corrected chi connectivity index (χ3v) is 4.59. The van der Waals surface area contributed by atoms with E-state index in [0.717, 1.165) is 22.9 Å². The van der Waals surface area contributed by atoms with Gasteiger partial charge in [-0.3, -0.25) is 9.88 Å². The first kappa shape index (κ1) is 11.6. The zero-order valence-electron chi connectivity index (χ0n) is 9.85. The SMILES string of the molecule is NC1CCC2CN(Cc3cncc(Br)c3)CC12. The molecular weight excluding hydrogens is 278 g/mol. The summed E-state index contributed by atoms with van der Waals surface area (Å²) in [5.74, 6) is 1.57. The molecule has 17 heavy (non-hydrogen) atoms. The Bertz CT molecular complexity index is 409. The van der Waals surface area contributed by atoms with E-state index >= 15 is 0 Å². The Kier molecular flexibility index (Phi) is 3.19. The lowest BCUT2D eigenvalue weighted by Crippen LogP contribution is -2.30. The van der Waals surface area contributed by atoms with Crippen LogP contribution in [0.5, 0.6) is 0 Å². The Hall–Kier alpha value is -0.450. The highest BCUT2D eigenvalue weighted by atomic mass is 79.9. The van der Waals surface area contributed by atoms with Gasteiger partial charge in [0.05, 0.1) is 0 Å². The summed E-state index contributed by atoms with van der Waals surface area (Å²) in [6, 6.07) is 2.59. The fraction of sp³-hybridized carbons (Fsp3) is 0.615. The molecule has 3 unspecified atom stereocenters. The largest absolute Gasteiger partial charge is 0.327 e. The van der Waals surface area contributed by atoms with Crippen LogP contribution in [-0.4, -0.2) is 29.0 Å². The molecule has 2 fully saturated rings. The average Bonchev–Trinajstić information content (AvgIpc) is 2.82. The van der Waals surface area contributed by atoms with Gasteiger partial charge in [-0.2, -0.15) is 0 Å². The lowest BCUT2D eigenvalue weighted by Gasteiger charge is -2.18. The molecule has 2 N–H and O–H groups in total. The van der Waals surface area contributed by atoms with Crippen LogP contribution in [0.4, 0.5) is 0 Å². The summed E-state index contributed by atoms with van der Waals surface area (Å²) in [6.07, 6.45) is 6.33. The first-order valence-corrected chi connectivity index (χ1v) is 7.09. The molecular formula is C13H18BrN3. The van der Waals surface area contributed by atoms with Crippen molar-refractivity contribution in [2.45, 2.75) is 25.4 Å². The predicted molar refractivity (Wildman–Crippen MR) is 71.4 cm³/mol. The molecule has 92 valence electrons. The standard InChI is InChI=1S/C13H18BrN3/c14-11-3-9(4-16-5-11)6-17-7-10-1-2-13(15)12(10)8-17/h3-5,10,12-13H,1-2,6-8,15H2. The van der Waals surface area contributed by atoms with Gasteiger partial charge in [0.25, 0.3) is 0 Å². The maximum Gasteiger partial charge on any atom is 0.0410 e. The van der Waals surface area contributed by atoms with E-state index in [4.69, 9.17) is 5.73 Å². The summed E-state index contributed by atoms with van der Waals surface area (Å²) >= 11 is 3.47. The van der Waals surface area contributed by atoms with E-state index in [9.17, 15) is 0 Å². The average molecular weight is 296 g/mol. The molecule has 0 amide bonds. The lowest BCUT2D eigenvalue weighted by atomic mass is 9.98. The molecule has 3 rings (SSSR count). The Morgan fingerprint density at radius 3 is 3.00 bits per heavy atom. The summed E-state index contributed by atoms with van der Waals surface area (Å²) < 4.78 is 1.06. The van der Waals surface area contributed by atoms with Crippen LogP contribution in [0.2, 0.25) is 0 Å². The van der Waals surface area contributed by atoms with Crippen LogP contribution in [-0.2, 0) is 6.54 Å². The highest BCUT2D eigenvalue weighted by Gasteiger charge is 2.40. The van der Waals surface area contributed by atoms with Crippen molar-refractivity contribution in [2.75, 3.05) is 13.1 Å². The molecule has 3 nitrogen and oxygen atoms in total. The zero-order valence-corrected chi connectivity index (χ0v) is 11.4. The molecule has 1 saturated carbocycles. The van der Waals surface area contributed by atoms with Gasteiger partial charge in [0.2, 0.25) is 0 Å². The molecule has 1 saturated heterocycles. The lowest BCUT2D eigenvalue weighted by molar-refractivity contribution is 0.298. The van der Waals surface area contributed by atoms with Crippen molar-refractivity contribution < 1.29 is 0 Å². The second-order valence-corrected chi connectivity index (χ2v) is 6.29. The number of hydrogen-bond acceptors (Lipinski definition) is 3. The van der Waals surface area contributed by atoms with Crippen molar-refractivity contribution in [1.82, 2.24) is 9.88 Å². The number of likely N-dealkylation sites (tertiary alicyclic amines) is 1. The minimum Gasteiger partial charge on any atom is -0.327 e. The zero-order chi connectivity index (χ0) is 11.8. The number of halogens is 1. The molecule has 3 atom stereocenters. The summed E-state index contributed by atoms with van der Waals surface area (Å²) in [5.41, 5.74) is 7.44. The summed E-state index contributed by atoms with van der Waals surface area (Å²) in [6.45, 7) is 3.38. The van der Waals surface area contributed by atoms with Crippen LogP contribution in [0.1, 0.15) is 18.4 Å². The van der Waals surface area contributed by atoms with Gasteiger partial charge in [0.15, 0.2) is 0 Å². The van der Waals surface area contributed by atoms with E-state index in [0.29, 0.717) is 6.04 Å². The van der Waals surface area contributed by atoms with Gasteiger partial charge in [-0.25, -0.2) is 0 Å². The van der Waals surface area contributed by atoms with Crippen LogP contribution in [0.25, 0.3) is 0 Å². The summed E-state index contributed by atoms with van der Waals surface area (Å²) in [5, 5.41) is 0.